The highest BCUT2D eigenvalue weighted by Crippen LogP contribution is 2.71. The molecule has 21 heavy (non-hydrogen) atoms. The van der Waals surface area contributed by atoms with Crippen LogP contribution in [0, 0.1) is 0 Å². The summed E-state index contributed by atoms with van der Waals surface area (Å²) in [5.74, 6) is -12.5. The molecule has 0 saturated heterocycles. The maximum Gasteiger partial charge on any atom is 0.330 e. The van der Waals surface area contributed by atoms with E-state index in [9.17, 15) is 35.1 Å². The molecule has 0 aromatic carbocycles. The summed E-state index contributed by atoms with van der Waals surface area (Å²) in [5.41, 5.74) is -11.1. The summed E-state index contributed by atoms with van der Waals surface area (Å²) in [5, 5.41) is 0. The largest absolute Gasteiger partial charge is 0.330 e. The van der Waals surface area contributed by atoms with E-state index in [2.05, 4.69) is 0 Å². The fourth-order valence-electron chi connectivity index (χ4n) is 3.20. The predicted molar refractivity (Wildman–Crippen MR) is 56.8 cm³/mol. The van der Waals surface area contributed by atoms with Gasteiger partial charge in [0, 0.05) is 0 Å². The smallest absolute Gasteiger partial charge is 0.235 e. The van der Waals surface area contributed by atoms with Gasteiger partial charge in [-0.25, -0.2) is 26.3 Å². The Kier molecular flexibility index (Phi) is 2.71. The van der Waals surface area contributed by atoms with Crippen molar-refractivity contribution in [3.63, 3.8) is 0 Å². The zero-order valence-corrected chi connectivity index (χ0v) is 10.3. The highest BCUT2D eigenvalue weighted by Gasteiger charge is 2.90. The maximum atomic E-state index is 14.7. The van der Waals surface area contributed by atoms with Gasteiger partial charge in [0.25, 0.3) is 0 Å². The molecule has 0 heterocycles. The van der Waals surface area contributed by atoms with E-state index < -0.39 is 52.1 Å². The van der Waals surface area contributed by atoms with Gasteiger partial charge in [-0.15, -0.1) is 0 Å². The number of halogens is 8. The zero-order valence-electron chi connectivity index (χ0n) is 10.3. The van der Waals surface area contributed by atoms with Crippen LogP contribution < -0.4 is 0 Å². The molecular formula is C13H8F8. The van der Waals surface area contributed by atoms with Crippen LogP contribution >= 0.6 is 0 Å². The maximum absolute atomic E-state index is 14.7. The number of alkyl halides is 5. The third-order valence-corrected chi connectivity index (χ3v) is 4.28. The molecule has 3 aliphatic rings. The van der Waals surface area contributed by atoms with Gasteiger partial charge in [0.2, 0.25) is 11.3 Å². The van der Waals surface area contributed by atoms with Crippen molar-refractivity contribution in [2.75, 3.05) is 0 Å². The Bertz CT molecular complexity index is 616. The summed E-state index contributed by atoms with van der Waals surface area (Å²) in [4.78, 5) is 0. The van der Waals surface area contributed by atoms with Gasteiger partial charge in [-0.3, -0.25) is 0 Å². The van der Waals surface area contributed by atoms with Gasteiger partial charge >= 0.3 is 5.92 Å². The monoisotopic (exact) mass is 316 g/mol. The molecule has 0 bridgehead atoms. The highest BCUT2D eigenvalue weighted by molar-refractivity contribution is 5.63. The van der Waals surface area contributed by atoms with E-state index >= 15 is 0 Å². The molecule has 0 radical (unpaired) electrons. The molecular weight excluding hydrogens is 308 g/mol. The number of hydrogen-bond donors (Lipinski definition) is 0. The minimum Gasteiger partial charge on any atom is -0.235 e. The van der Waals surface area contributed by atoms with Crippen LogP contribution in [0.3, 0.4) is 0 Å². The molecule has 0 aromatic heterocycles. The van der Waals surface area contributed by atoms with E-state index in [0.29, 0.717) is 0 Å². The second kappa shape index (κ2) is 3.89. The van der Waals surface area contributed by atoms with Crippen LogP contribution in [0.2, 0.25) is 0 Å². The van der Waals surface area contributed by atoms with Crippen molar-refractivity contribution in [3.05, 3.63) is 34.7 Å². The third-order valence-electron chi connectivity index (χ3n) is 4.28. The Hall–Kier alpha value is -1.34. The molecule has 3 aliphatic carbocycles. The van der Waals surface area contributed by atoms with Crippen molar-refractivity contribution in [2.45, 2.75) is 42.7 Å². The van der Waals surface area contributed by atoms with E-state index in [1.807, 2.05) is 0 Å². The lowest BCUT2D eigenvalue weighted by molar-refractivity contribution is -0.268. The van der Waals surface area contributed by atoms with Gasteiger partial charge in [-0.2, -0.15) is 8.78 Å². The van der Waals surface area contributed by atoms with Crippen LogP contribution in [0.15, 0.2) is 34.7 Å². The summed E-state index contributed by atoms with van der Waals surface area (Å²) < 4.78 is 110. The van der Waals surface area contributed by atoms with Gasteiger partial charge < -0.3 is 0 Å². The molecule has 0 amide bonds. The van der Waals surface area contributed by atoms with E-state index in [1.165, 1.54) is 0 Å². The topological polar surface area (TPSA) is 0 Å². The van der Waals surface area contributed by atoms with Crippen molar-refractivity contribution in [3.8, 4) is 0 Å². The van der Waals surface area contributed by atoms with Crippen LogP contribution in [0.1, 0.15) is 19.3 Å². The van der Waals surface area contributed by atoms with Crippen LogP contribution in [0.25, 0.3) is 0 Å². The molecule has 3 atom stereocenters. The molecule has 1 saturated carbocycles. The van der Waals surface area contributed by atoms with Crippen molar-refractivity contribution < 1.29 is 35.1 Å². The van der Waals surface area contributed by atoms with Gasteiger partial charge in [0.1, 0.15) is 0 Å². The first-order valence-electron chi connectivity index (χ1n) is 6.17. The molecule has 0 spiro atoms. The van der Waals surface area contributed by atoms with Gasteiger partial charge in [0.15, 0.2) is 23.7 Å². The molecule has 3 unspecified atom stereocenters. The van der Waals surface area contributed by atoms with Gasteiger partial charge in [-0.1, -0.05) is 6.08 Å². The average Bonchev–Trinajstić information content (AvgIpc) is 2.96. The Balaban J connectivity index is 2.27. The summed E-state index contributed by atoms with van der Waals surface area (Å²) in [6, 6.07) is 0. The van der Waals surface area contributed by atoms with Gasteiger partial charge in [-0.05, 0) is 24.8 Å². The molecule has 0 aromatic rings. The first-order chi connectivity index (χ1) is 9.61. The summed E-state index contributed by atoms with van der Waals surface area (Å²) in [6.07, 6.45) is -2.50. The van der Waals surface area contributed by atoms with Crippen molar-refractivity contribution in [1.82, 2.24) is 0 Å². The van der Waals surface area contributed by atoms with Crippen molar-refractivity contribution in [1.29, 1.82) is 0 Å². The van der Waals surface area contributed by atoms with Crippen LogP contribution in [0.5, 0.6) is 0 Å². The number of fused-ring (bicyclic) bond motifs is 1. The number of allylic oxidation sites excluding steroid dienone is 6. The lowest BCUT2D eigenvalue weighted by Gasteiger charge is -2.57. The SMILES string of the molecule is FC1=C(F)C(F)C2(F)C(=C1F)C(F)(C1=CCCC1)C2(F)F. The van der Waals surface area contributed by atoms with Crippen LogP contribution in [-0.4, -0.2) is 23.4 Å². The Labute approximate surface area is 113 Å². The molecule has 0 nitrogen and oxygen atoms in total. The van der Waals surface area contributed by atoms with E-state index in [0.717, 1.165) is 6.08 Å². The molecule has 0 aliphatic heterocycles. The average molecular weight is 316 g/mol. The van der Waals surface area contributed by atoms with Crippen molar-refractivity contribution in [2.24, 2.45) is 0 Å². The molecule has 1 fully saturated rings. The lowest BCUT2D eigenvalue weighted by Crippen LogP contribution is -2.78. The molecule has 116 valence electrons. The first kappa shape index (κ1) is 14.6. The minimum atomic E-state index is -5.03. The summed E-state index contributed by atoms with van der Waals surface area (Å²) >= 11 is 0. The Morgan fingerprint density at radius 2 is 1.62 bits per heavy atom. The molecule has 3 rings (SSSR count). The zero-order chi connectivity index (χ0) is 15.8. The minimum absolute atomic E-state index is 0.205. The normalized spacial score (nSPS) is 41.9. The van der Waals surface area contributed by atoms with Crippen LogP contribution in [-0.2, 0) is 0 Å². The second-order valence-electron chi connectivity index (χ2n) is 5.28. The highest BCUT2D eigenvalue weighted by atomic mass is 19.3. The second-order valence-corrected chi connectivity index (χ2v) is 5.28. The molecule has 8 heteroatoms. The summed E-state index contributed by atoms with van der Waals surface area (Å²) in [6.45, 7) is 0. The summed E-state index contributed by atoms with van der Waals surface area (Å²) in [7, 11) is 0. The number of rotatable bonds is 1. The van der Waals surface area contributed by atoms with E-state index in [4.69, 9.17) is 0 Å². The fourth-order valence-corrected chi connectivity index (χ4v) is 3.20. The van der Waals surface area contributed by atoms with E-state index in [1.54, 1.807) is 0 Å². The Morgan fingerprint density at radius 3 is 2.14 bits per heavy atom. The number of hydrogen-bond acceptors (Lipinski definition) is 0. The standard InChI is InChI=1S/C13H8F8/c14-6-7(15)9-11(18,5-3-1-2-4-5)13(20,21)12(9,19)10(17)8(6)16/h3,10H,1-2,4H2. The fraction of sp³-hybridized carbons (Fsp3) is 0.538. The quantitative estimate of drug-likeness (QED) is 0.477. The van der Waals surface area contributed by atoms with Crippen molar-refractivity contribution >= 4 is 0 Å². The predicted octanol–water partition coefficient (Wildman–Crippen LogP) is 4.89. The van der Waals surface area contributed by atoms with Crippen LogP contribution in [0.4, 0.5) is 35.1 Å². The van der Waals surface area contributed by atoms with E-state index in [-0.39, 0.29) is 19.3 Å². The van der Waals surface area contributed by atoms with Gasteiger partial charge in [0.05, 0.1) is 5.57 Å². The Morgan fingerprint density at radius 1 is 1.00 bits per heavy atom. The third kappa shape index (κ3) is 1.28. The molecule has 0 N–H and O–H groups in total. The lowest BCUT2D eigenvalue weighted by atomic mass is 9.54. The first-order valence-corrected chi connectivity index (χ1v) is 6.17.